The summed E-state index contributed by atoms with van der Waals surface area (Å²) in [6.45, 7) is 3.46. The second kappa shape index (κ2) is 8.68. The molecule has 0 N–H and O–H groups in total. The monoisotopic (exact) mass is 419 g/mol. The maximum Gasteiger partial charge on any atom is 0.279 e. The van der Waals surface area contributed by atoms with Crippen LogP contribution in [0.15, 0.2) is 41.4 Å². The van der Waals surface area contributed by atoms with E-state index >= 15 is 0 Å². The second-order valence-corrected chi connectivity index (χ2v) is 7.34. The number of nitrogens with zero attached hydrogens (tertiary/aromatic N) is 3. The number of ether oxygens (including phenoxy) is 1. The van der Waals surface area contributed by atoms with Gasteiger partial charge in [-0.1, -0.05) is 34.5 Å². The molecule has 0 saturated heterocycles. The van der Waals surface area contributed by atoms with Crippen molar-refractivity contribution in [1.82, 2.24) is 4.57 Å². The number of benzene rings is 2. The van der Waals surface area contributed by atoms with Crippen molar-refractivity contribution in [3.63, 3.8) is 0 Å². The molecule has 8 heteroatoms. The van der Waals surface area contributed by atoms with Gasteiger partial charge in [0.1, 0.15) is 0 Å². The Morgan fingerprint density at radius 1 is 1.26 bits per heavy atom. The molecule has 0 atom stereocenters. The molecule has 0 unspecified atom stereocenters. The van der Waals surface area contributed by atoms with Crippen molar-refractivity contribution in [2.24, 2.45) is 4.99 Å². The summed E-state index contributed by atoms with van der Waals surface area (Å²) in [4.78, 5) is 17.4. The van der Waals surface area contributed by atoms with E-state index in [1.54, 1.807) is 30.3 Å². The number of hydrogen-bond acceptors (Lipinski definition) is 4. The van der Waals surface area contributed by atoms with Crippen LogP contribution in [0.1, 0.15) is 22.8 Å². The van der Waals surface area contributed by atoms with E-state index in [4.69, 9.17) is 33.2 Å². The van der Waals surface area contributed by atoms with Crippen molar-refractivity contribution >= 4 is 50.7 Å². The highest BCUT2D eigenvalue weighted by Crippen LogP contribution is 2.32. The summed E-state index contributed by atoms with van der Waals surface area (Å²) in [7, 11) is 0. The fourth-order valence-electron chi connectivity index (χ4n) is 2.53. The van der Waals surface area contributed by atoms with Crippen LogP contribution in [0.2, 0.25) is 10.0 Å². The van der Waals surface area contributed by atoms with Crippen molar-refractivity contribution in [3.8, 4) is 6.07 Å². The maximum absolute atomic E-state index is 12.6. The molecule has 0 aliphatic heterocycles. The van der Waals surface area contributed by atoms with E-state index in [-0.39, 0.29) is 0 Å². The molecular weight excluding hydrogens is 405 g/mol. The van der Waals surface area contributed by atoms with Gasteiger partial charge in [0.25, 0.3) is 5.91 Å². The third-order valence-electron chi connectivity index (χ3n) is 3.86. The normalized spacial score (nSPS) is 11.7. The second-order valence-electron chi connectivity index (χ2n) is 5.55. The first kappa shape index (κ1) is 19.6. The van der Waals surface area contributed by atoms with Gasteiger partial charge in [0, 0.05) is 18.7 Å². The molecule has 1 amide bonds. The minimum atomic E-state index is -0.390. The molecule has 0 fully saturated rings. The molecule has 0 bridgehead atoms. The third-order valence-corrected chi connectivity index (χ3v) is 5.69. The lowest BCUT2D eigenvalue weighted by Crippen LogP contribution is -2.20. The van der Waals surface area contributed by atoms with Crippen molar-refractivity contribution in [1.29, 1.82) is 5.26 Å². The van der Waals surface area contributed by atoms with Crippen LogP contribution in [0.25, 0.3) is 10.2 Å². The highest BCUT2D eigenvalue weighted by atomic mass is 35.5. The number of aromatic nitrogens is 1. The van der Waals surface area contributed by atoms with Gasteiger partial charge in [-0.15, -0.1) is 0 Å². The van der Waals surface area contributed by atoms with E-state index < -0.39 is 5.91 Å². The number of nitriles is 1. The van der Waals surface area contributed by atoms with Gasteiger partial charge < -0.3 is 9.30 Å². The summed E-state index contributed by atoms with van der Waals surface area (Å²) in [6.07, 6.45) is 0. The zero-order chi connectivity index (χ0) is 19.4. The Labute approximate surface area is 170 Å². The highest BCUT2D eigenvalue weighted by Gasteiger charge is 2.14. The molecule has 0 spiro atoms. The number of rotatable bonds is 5. The average Bonchev–Trinajstić information content (AvgIpc) is 3.03. The van der Waals surface area contributed by atoms with Crippen molar-refractivity contribution in [2.45, 2.75) is 13.5 Å². The van der Waals surface area contributed by atoms with Crippen LogP contribution in [-0.4, -0.2) is 23.7 Å². The predicted molar refractivity (Wildman–Crippen MR) is 107 cm³/mol. The van der Waals surface area contributed by atoms with E-state index in [1.807, 2.05) is 23.6 Å². The van der Waals surface area contributed by atoms with Gasteiger partial charge in [-0.2, -0.15) is 10.3 Å². The highest BCUT2D eigenvalue weighted by molar-refractivity contribution is 7.16. The van der Waals surface area contributed by atoms with Crippen LogP contribution in [0.4, 0.5) is 0 Å². The van der Waals surface area contributed by atoms with Gasteiger partial charge >= 0.3 is 0 Å². The SMILES string of the molecule is CCOCCn1c(=NC(=O)c2ccc(C#N)cc2)sc2ccc(Cl)c(Cl)c21. The molecule has 1 heterocycles. The summed E-state index contributed by atoms with van der Waals surface area (Å²) in [5.41, 5.74) is 1.63. The quantitative estimate of drug-likeness (QED) is 0.564. The van der Waals surface area contributed by atoms with Crippen LogP contribution < -0.4 is 4.80 Å². The summed E-state index contributed by atoms with van der Waals surface area (Å²) in [6, 6.07) is 12.0. The molecule has 0 saturated carbocycles. The van der Waals surface area contributed by atoms with Gasteiger partial charge in [0.2, 0.25) is 0 Å². The van der Waals surface area contributed by atoms with Gasteiger partial charge in [-0.25, -0.2) is 0 Å². The maximum atomic E-state index is 12.6. The molecule has 0 radical (unpaired) electrons. The molecule has 0 aliphatic carbocycles. The molecule has 5 nitrogen and oxygen atoms in total. The number of hydrogen-bond donors (Lipinski definition) is 0. The van der Waals surface area contributed by atoms with Gasteiger partial charge in [0.15, 0.2) is 4.80 Å². The van der Waals surface area contributed by atoms with Crippen LogP contribution in [-0.2, 0) is 11.3 Å². The van der Waals surface area contributed by atoms with E-state index in [2.05, 4.69) is 4.99 Å². The van der Waals surface area contributed by atoms with Crippen molar-refractivity contribution < 1.29 is 9.53 Å². The fraction of sp³-hybridized carbons (Fsp3) is 0.211. The average molecular weight is 420 g/mol. The number of carbonyl (C=O) groups is 1. The minimum absolute atomic E-state index is 0.390. The van der Waals surface area contributed by atoms with Gasteiger partial charge in [-0.05, 0) is 43.3 Å². The lowest BCUT2D eigenvalue weighted by Gasteiger charge is -2.07. The first-order valence-corrected chi connectivity index (χ1v) is 9.76. The van der Waals surface area contributed by atoms with Crippen LogP contribution >= 0.6 is 34.5 Å². The summed E-state index contributed by atoms with van der Waals surface area (Å²) < 4.78 is 8.18. The zero-order valence-electron chi connectivity index (χ0n) is 14.4. The Bertz CT molecular complexity index is 1100. The predicted octanol–water partition coefficient (Wildman–Crippen LogP) is 4.66. The van der Waals surface area contributed by atoms with Gasteiger partial charge in [0.05, 0.1) is 38.5 Å². The summed E-state index contributed by atoms with van der Waals surface area (Å²) in [5.74, 6) is -0.390. The Balaban J connectivity index is 2.09. The van der Waals surface area contributed by atoms with E-state index in [9.17, 15) is 4.79 Å². The van der Waals surface area contributed by atoms with E-state index in [0.717, 1.165) is 10.2 Å². The molecule has 138 valence electrons. The standard InChI is InChI=1S/C19H15Cl2N3O2S/c1-2-26-10-9-24-17-15(8-7-14(20)16(17)21)27-19(24)23-18(25)13-5-3-12(11-22)4-6-13/h3-8H,2,9-10H2,1H3. The van der Waals surface area contributed by atoms with Crippen LogP contribution in [0.5, 0.6) is 0 Å². The number of amides is 1. The van der Waals surface area contributed by atoms with Gasteiger partial charge in [-0.3, -0.25) is 4.79 Å². The molecule has 3 rings (SSSR count). The number of fused-ring (bicyclic) bond motifs is 1. The lowest BCUT2D eigenvalue weighted by atomic mass is 10.1. The van der Waals surface area contributed by atoms with E-state index in [1.165, 1.54) is 11.3 Å². The largest absolute Gasteiger partial charge is 0.380 e. The third kappa shape index (κ3) is 4.23. The van der Waals surface area contributed by atoms with Crippen molar-refractivity contribution in [3.05, 3.63) is 62.4 Å². The van der Waals surface area contributed by atoms with E-state index in [0.29, 0.717) is 45.7 Å². The number of halogens is 2. The first-order chi connectivity index (χ1) is 13.0. The number of carbonyl (C=O) groups excluding carboxylic acids is 1. The van der Waals surface area contributed by atoms with Crippen LogP contribution in [0, 0.1) is 11.3 Å². The van der Waals surface area contributed by atoms with Crippen molar-refractivity contribution in [2.75, 3.05) is 13.2 Å². The molecule has 0 aliphatic rings. The molecule has 27 heavy (non-hydrogen) atoms. The zero-order valence-corrected chi connectivity index (χ0v) is 16.7. The number of thiazole rings is 1. The molecule has 3 aromatic rings. The lowest BCUT2D eigenvalue weighted by molar-refractivity contribution is 0.0996. The molecule has 1 aromatic heterocycles. The Morgan fingerprint density at radius 3 is 2.67 bits per heavy atom. The Morgan fingerprint density at radius 2 is 2.00 bits per heavy atom. The fourth-order valence-corrected chi connectivity index (χ4v) is 4.07. The van der Waals surface area contributed by atoms with Crippen LogP contribution in [0.3, 0.4) is 0 Å². The first-order valence-electron chi connectivity index (χ1n) is 8.19. The topological polar surface area (TPSA) is 67.4 Å². The summed E-state index contributed by atoms with van der Waals surface area (Å²) in [5, 5.41) is 9.74. The Hall–Kier alpha value is -2.17. The molecular formula is C19H15Cl2N3O2S. The minimum Gasteiger partial charge on any atom is -0.380 e. The Kier molecular flexibility index (Phi) is 6.30. The smallest absolute Gasteiger partial charge is 0.279 e. The summed E-state index contributed by atoms with van der Waals surface area (Å²) >= 11 is 13.9. The molecule has 2 aromatic carbocycles.